The van der Waals surface area contributed by atoms with Gasteiger partial charge in [0.05, 0.1) is 5.52 Å². The van der Waals surface area contributed by atoms with E-state index >= 15 is 0 Å². The average Bonchev–Trinajstić information content (AvgIpc) is 2.52. The van der Waals surface area contributed by atoms with E-state index in [4.69, 9.17) is 17.4 Å². The first-order valence-electron chi connectivity index (χ1n) is 6.78. The molecule has 106 valence electrons. The minimum absolute atomic E-state index is 0.691. The lowest BCUT2D eigenvalue weighted by molar-refractivity contribution is 1.14. The van der Waals surface area contributed by atoms with E-state index in [1.807, 2.05) is 37.3 Å². The molecule has 0 bridgehead atoms. The van der Waals surface area contributed by atoms with Gasteiger partial charge in [0.25, 0.3) is 0 Å². The third-order valence-electron chi connectivity index (χ3n) is 3.59. The number of halogens is 1. The highest BCUT2D eigenvalue weighted by Crippen LogP contribution is 2.29. The number of nitrogen functional groups attached to an aromatic ring is 1. The van der Waals surface area contributed by atoms with Gasteiger partial charge in [-0.25, -0.2) is 10.8 Å². The molecule has 0 saturated carbocycles. The topological polar surface area (TPSA) is 50.9 Å². The number of nitrogens with one attached hydrogen (secondary N) is 1. The number of hydrazine groups is 1. The molecule has 4 heteroatoms. The molecule has 0 aliphatic carbocycles. The maximum atomic E-state index is 6.31. The van der Waals surface area contributed by atoms with Gasteiger partial charge in [-0.2, -0.15) is 0 Å². The second-order valence-corrected chi connectivity index (χ2v) is 5.47. The molecular weight excluding hydrogens is 282 g/mol. The Kier molecular flexibility index (Phi) is 3.78. The highest BCUT2D eigenvalue weighted by molar-refractivity contribution is 6.35. The van der Waals surface area contributed by atoms with E-state index in [2.05, 4.69) is 28.6 Å². The first-order chi connectivity index (χ1) is 10.2. The molecule has 21 heavy (non-hydrogen) atoms. The average molecular weight is 298 g/mol. The molecule has 0 saturated heterocycles. The summed E-state index contributed by atoms with van der Waals surface area (Å²) < 4.78 is 0. The zero-order valence-electron chi connectivity index (χ0n) is 11.7. The molecule has 3 rings (SSSR count). The van der Waals surface area contributed by atoms with E-state index < -0.39 is 0 Å². The number of aromatic nitrogens is 1. The summed E-state index contributed by atoms with van der Waals surface area (Å²) in [6, 6.07) is 16.2. The van der Waals surface area contributed by atoms with Gasteiger partial charge >= 0.3 is 0 Å². The third-order valence-corrected chi connectivity index (χ3v) is 3.92. The van der Waals surface area contributed by atoms with Gasteiger partial charge in [0.1, 0.15) is 5.82 Å². The van der Waals surface area contributed by atoms with Gasteiger partial charge in [-0.3, -0.25) is 0 Å². The molecule has 0 amide bonds. The molecule has 0 atom stereocenters. The lowest BCUT2D eigenvalue weighted by atomic mass is 10.0. The number of fused-ring (bicyclic) bond motifs is 1. The Hall–Kier alpha value is -2.10. The number of anilines is 1. The fourth-order valence-corrected chi connectivity index (χ4v) is 2.69. The number of hydrogen-bond donors (Lipinski definition) is 2. The maximum Gasteiger partial charge on any atom is 0.144 e. The fraction of sp³-hybridized carbons (Fsp3) is 0.118. The van der Waals surface area contributed by atoms with Crippen molar-refractivity contribution < 1.29 is 0 Å². The number of hydrogen-bond acceptors (Lipinski definition) is 3. The number of pyridine rings is 1. The highest BCUT2D eigenvalue weighted by Gasteiger charge is 2.10. The van der Waals surface area contributed by atoms with E-state index in [-0.39, 0.29) is 0 Å². The number of nitrogens with two attached hydrogens (primary N) is 1. The molecule has 1 aromatic heterocycles. The van der Waals surface area contributed by atoms with Crippen LogP contribution in [0.2, 0.25) is 5.02 Å². The second kappa shape index (κ2) is 5.72. The van der Waals surface area contributed by atoms with Crippen molar-refractivity contribution >= 4 is 28.3 Å². The van der Waals surface area contributed by atoms with E-state index in [1.54, 1.807) is 0 Å². The Morgan fingerprint density at radius 1 is 1.14 bits per heavy atom. The maximum absolute atomic E-state index is 6.31. The van der Waals surface area contributed by atoms with E-state index in [9.17, 15) is 0 Å². The van der Waals surface area contributed by atoms with Crippen molar-refractivity contribution in [2.24, 2.45) is 5.84 Å². The van der Waals surface area contributed by atoms with Crippen LogP contribution >= 0.6 is 11.6 Å². The van der Waals surface area contributed by atoms with Crippen molar-refractivity contribution in [2.75, 3.05) is 5.43 Å². The van der Waals surface area contributed by atoms with Gasteiger partial charge in [-0.15, -0.1) is 0 Å². The number of nitrogens with zero attached hydrogens (tertiary/aromatic N) is 1. The molecular formula is C17H16ClN3. The predicted molar refractivity (Wildman–Crippen MR) is 88.5 cm³/mol. The fourth-order valence-electron chi connectivity index (χ4n) is 2.48. The summed E-state index contributed by atoms with van der Waals surface area (Å²) in [6.07, 6.45) is 0.758. The van der Waals surface area contributed by atoms with Crippen LogP contribution < -0.4 is 11.3 Å². The van der Waals surface area contributed by atoms with E-state index in [1.165, 1.54) is 5.56 Å². The molecule has 0 aliphatic heterocycles. The van der Waals surface area contributed by atoms with Crippen LogP contribution in [0.3, 0.4) is 0 Å². The minimum atomic E-state index is 0.691. The van der Waals surface area contributed by atoms with Crippen LogP contribution in [0.4, 0.5) is 5.82 Å². The van der Waals surface area contributed by atoms with E-state index in [0.717, 1.165) is 28.5 Å². The van der Waals surface area contributed by atoms with Gasteiger partial charge in [-0.1, -0.05) is 48.0 Å². The van der Waals surface area contributed by atoms with Crippen LogP contribution in [0.1, 0.15) is 16.7 Å². The summed E-state index contributed by atoms with van der Waals surface area (Å²) in [5.41, 5.74) is 6.90. The molecule has 3 aromatic rings. The van der Waals surface area contributed by atoms with Crippen molar-refractivity contribution in [3.8, 4) is 0 Å². The Labute approximate surface area is 128 Å². The Morgan fingerprint density at radius 3 is 2.62 bits per heavy atom. The summed E-state index contributed by atoms with van der Waals surface area (Å²) in [4.78, 5) is 4.63. The predicted octanol–water partition coefficient (Wildman–Crippen LogP) is 4.07. The van der Waals surface area contributed by atoms with Crippen LogP contribution in [0.25, 0.3) is 10.9 Å². The summed E-state index contributed by atoms with van der Waals surface area (Å²) in [5, 5.41) is 1.67. The smallest absolute Gasteiger partial charge is 0.144 e. The highest BCUT2D eigenvalue weighted by atomic mass is 35.5. The van der Waals surface area contributed by atoms with Crippen molar-refractivity contribution in [1.82, 2.24) is 4.98 Å². The lowest BCUT2D eigenvalue weighted by Gasteiger charge is -2.12. The summed E-state index contributed by atoms with van der Waals surface area (Å²) in [6.45, 7) is 2.02. The first kappa shape index (κ1) is 13.9. The van der Waals surface area contributed by atoms with Crippen molar-refractivity contribution in [3.05, 3.63) is 70.2 Å². The normalized spacial score (nSPS) is 10.8. The van der Waals surface area contributed by atoms with Gasteiger partial charge in [0.15, 0.2) is 0 Å². The second-order valence-electron chi connectivity index (χ2n) is 5.06. The molecule has 0 radical (unpaired) electrons. The molecule has 0 unspecified atom stereocenters. The van der Waals surface area contributed by atoms with Crippen molar-refractivity contribution in [2.45, 2.75) is 13.3 Å². The molecule has 1 heterocycles. The first-order valence-corrected chi connectivity index (χ1v) is 7.16. The summed E-state index contributed by atoms with van der Waals surface area (Å²) in [5.74, 6) is 6.33. The Bertz CT molecular complexity index is 785. The molecule has 3 nitrogen and oxygen atoms in total. The number of benzene rings is 2. The lowest BCUT2D eigenvalue weighted by Crippen LogP contribution is -2.12. The van der Waals surface area contributed by atoms with Gasteiger partial charge in [0, 0.05) is 22.4 Å². The Balaban J connectivity index is 2.15. The largest absolute Gasteiger partial charge is 0.308 e. The number of aryl methyl sites for hydroxylation is 1. The Morgan fingerprint density at radius 2 is 1.90 bits per heavy atom. The molecule has 0 fully saturated rings. The van der Waals surface area contributed by atoms with Crippen LogP contribution in [0.5, 0.6) is 0 Å². The van der Waals surface area contributed by atoms with Crippen LogP contribution in [0, 0.1) is 6.92 Å². The molecule has 3 N–H and O–H groups in total. The quantitative estimate of drug-likeness (QED) is 0.566. The standard InChI is InChI=1S/C17H16ClN3/c1-11-7-8-15(18)14-10-13(17(21-19)20-16(11)14)9-12-5-3-2-4-6-12/h2-8,10H,9,19H2,1H3,(H,20,21). The minimum Gasteiger partial charge on any atom is -0.308 e. The van der Waals surface area contributed by atoms with Gasteiger partial charge in [0.2, 0.25) is 0 Å². The monoisotopic (exact) mass is 297 g/mol. The summed E-state index contributed by atoms with van der Waals surface area (Å²) >= 11 is 6.31. The SMILES string of the molecule is Cc1ccc(Cl)c2cc(Cc3ccccc3)c(NN)nc12. The molecule has 0 aliphatic rings. The van der Waals surface area contributed by atoms with Gasteiger partial charge in [-0.05, 0) is 30.2 Å². The van der Waals surface area contributed by atoms with Crippen molar-refractivity contribution in [1.29, 1.82) is 0 Å². The number of rotatable bonds is 3. The van der Waals surface area contributed by atoms with Gasteiger partial charge < -0.3 is 5.43 Å². The molecule has 2 aromatic carbocycles. The summed E-state index contributed by atoms with van der Waals surface area (Å²) in [7, 11) is 0. The van der Waals surface area contributed by atoms with E-state index in [0.29, 0.717) is 10.8 Å². The van der Waals surface area contributed by atoms with Crippen LogP contribution in [-0.2, 0) is 6.42 Å². The zero-order valence-corrected chi connectivity index (χ0v) is 12.5. The van der Waals surface area contributed by atoms with Crippen LogP contribution in [-0.4, -0.2) is 4.98 Å². The zero-order chi connectivity index (χ0) is 14.8. The third kappa shape index (κ3) is 2.71. The molecule has 0 spiro atoms. The van der Waals surface area contributed by atoms with Crippen LogP contribution in [0.15, 0.2) is 48.5 Å². The van der Waals surface area contributed by atoms with Crippen molar-refractivity contribution in [3.63, 3.8) is 0 Å².